The standard InChI is InChI=1S/C25H28Cl2N8O2/c1-25(22(29)37)6-4-15(5-7-25)35-21-19(12-30-23(34-21)31-14-2-3-16(36)10-14)32-24(35)33-20-17(26)8-13(11-28)9-18(20)27/h8-9,12,14-16,36H,2-7,10H2,1H3,(H2,29,37)(H,32,33)(H,30,31,34)/t14-,15?,16-,25?/m0/s1. The summed E-state index contributed by atoms with van der Waals surface area (Å²) in [4.78, 5) is 26.0. The van der Waals surface area contributed by atoms with Gasteiger partial charge in [-0.3, -0.25) is 9.36 Å². The van der Waals surface area contributed by atoms with Gasteiger partial charge in [-0.05, 0) is 57.1 Å². The lowest BCUT2D eigenvalue weighted by Crippen LogP contribution is -2.38. The largest absolute Gasteiger partial charge is 0.393 e. The molecule has 2 aliphatic carbocycles. The Kier molecular flexibility index (Phi) is 6.88. The van der Waals surface area contributed by atoms with E-state index >= 15 is 0 Å². The monoisotopic (exact) mass is 542 g/mol. The minimum absolute atomic E-state index is 0.00749. The zero-order valence-corrected chi connectivity index (χ0v) is 21.9. The van der Waals surface area contributed by atoms with Crippen LogP contribution < -0.4 is 16.4 Å². The average Bonchev–Trinajstić information content (AvgIpc) is 3.44. The second-order valence-electron chi connectivity index (χ2n) is 10.2. The van der Waals surface area contributed by atoms with Gasteiger partial charge in [0, 0.05) is 17.5 Å². The van der Waals surface area contributed by atoms with Gasteiger partial charge in [0.1, 0.15) is 5.52 Å². The Morgan fingerprint density at radius 1 is 1.22 bits per heavy atom. The van der Waals surface area contributed by atoms with Gasteiger partial charge in [-0.15, -0.1) is 0 Å². The summed E-state index contributed by atoms with van der Waals surface area (Å²) in [6.07, 6.45) is 6.28. The van der Waals surface area contributed by atoms with E-state index in [9.17, 15) is 15.2 Å². The van der Waals surface area contributed by atoms with E-state index in [0.717, 1.165) is 12.8 Å². The van der Waals surface area contributed by atoms with Crippen LogP contribution in [0.3, 0.4) is 0 Å². The molecule has 2 saturated carbocycles. The molecule has 2 aromatic heterocycles. The van der Waals surface area contributed by atoms with Crippen LogP contribution in [-0.2, 0) is 4.79 Å². The Hall–Kier alpha value is -3.13. The van der Waals surface area contributed by atoms with Crippen LogP contribution in [0.2, 0.25) is 10.0 Å². The van der Waals surface area contributed by atoms with Crippen molar-refractivity contribution in [2.45, 2.75) is 70.1 Å². The molecule has 10 nitrogen and oxygen atoms in total. The number of hydrogen-bond acceptors (Lipinski definition) is 8. The predicted molar refractivity (Wildman–Crippen MR) is 142 cm³/mol. The Morgan fingerprint density at radius 3 is 2.51 bits per heavy atom. The maximum atomic E-state index is 12.0. The lowest BCUT2D eigenvalue weighted by molar-refractivity contribution is -0.128. The zero-order valence-electron chi connectivity index (χ0n) is 20.3. The SMILES string of the molecule is CC1(C(N)=O)CCC(n2c(Nc3c(Cl)cc(C#N)cc3Cl)nc3cnc(N[C@H]4CC[C@H](O)C4)nc32)CC1. The lowest BCUT2D eigenvalue weighted by Gasteiger charge is -2.35. The van der Waals surface area contributed by atoms with Gasteiger partial charge in [-0.25, -0.2) is 9.97 Å². The molecule has 2 heterocycles. The predicted octanol–water partition coefficient (Wildman–Crippen LogP) is 4.68. The molecule has 2 fully saturated rings. The Bertz CT molecular complexity index is 1370. The van der Waals surface area contributed by atoms with Crippen molar-refractivity contribution in [3.63, 3.8) is 0 Å². The molecule has 2 aliphatic rings. The first-order valence-electron chi connectivity index (χ1n) is 12.3. The number of anilines is 3. The van der Waals surface area contributed by atoms with E-state index in [-0.39, 0.29) is 24.1 Å². The number of carbonyl (C=O) groups is 1. The van der Waals surface area contributed by atoms with Crippen LogP contribution in [0.15, 0.2) is 18.3 Å². The first-order chi connectivity index (χ1) is 17.7. The number of fused-ring (bicyclic) bond motifs is 1. The van der Waals surface area contributed by atoms with Gasteiger partial charge < -0.3 is 21.5 Å². The smallest absolute Gasteiger partial charge is 0.224 e. The van der Waals surface area contributed by atoms with Crippen molar-refractivity contribution < 1.29 is 9.90 Å². The topological polar surface area (TPSA) is 155 Å². The number of primary amides is 1. The Morgan fingerprint density at radius 2 is 1.92 bits per heavy atom. The highest BCUT2D eigenvalue weighted by Gasteiger charge is 2.38. The molecular weight excluding hydrogens is 515 g/mol. The van der Waals surface area contributed by atoms with E-state index in [1.807, 2.05) is 17.6 Å². The normalized spacial score (nSPS) is 25.6. The minimum Gasteiger partial charge on any atom is -0.393 e. The summed E-state index contributed by atoms with van der Waals surface area (Å²) in [6, 6.07) is 5.22. The van der Waals surface area contributed by atoms with Crippen LogP contribution in [0.1, 0.15) is 63.5 Å². The number of carbonyl (C=O) groups excluding carboxylic acids is 1. The molecule has 12 heteroatoms. The average molecular weight is 543 g/mol. The number of aliphatic hydroxyl groups is 1. The van der Waals surface area contributed by atoms with Crippen molar-refractivity contribution in [2.75, 3.05) is 10.6 Å². The fourth-order valence-corrected chi connectivity index (χ4v) is 5.86. The lowest BCUT2D eigenvalue weighted by atomic mass is 9.73. The minimum atomic E-state index is -0.550. The van der Waals surface area contributed by atoms with E-state index in [1.54, 1.807) is 18.3 Å². The molecule has 1 amide bonds. The van der Waals surface area contributed by atoms with Crippen LogP contribution >= 0.6 is 23.2 Å². The van der Waals surface area contributed by atoms with Gasteiger partial charge in [0.15, 0.2) is 5.65 Å². The highest BCUT2D eigenvalue weighted by Crippen LogP contribution is 2.43. The van der Waals surface area contributed by atoms with Gasteiger partial charge in [0.05, 0.1) is 39.7 Å². The van der Waals surface area contributed by atoms with Gasteiger partial charge in [-0.1, -0.05) is 30.1 Å². The fraction of sp³-hybridized carbons (Fsp3) is 0.480. The molecule has 0 bridgehead atoms. The van der Waals surface area contributed by atoms with Gasteiger partial charge in [0.2, 0.25) is 17.8 Å². The van der Waals surface area contributed by atoms with Crippen molar-refractivity contribution in [2.24, 2.45) is 11.1 Å². The molecule has 1 aromatic carbocycles. The molecule has 0 unspecified atom stereocenters. The van der Waals surface area contributed by atoms with E-state index < -0.39 is 5.41 Å². The molecule has 0 aliphatic heterocycles. The van der Waals surface area contributed by atoms with Gasteiger partial charge in [0.25, 0.3) is 0 Å². The van der Waals surface area contributed by atoms with Crippen molar-refractivity contribution in [1.82, 2.24) is 19.5 Å². The maximum absolute atomic E-state index is 12.0. The van der Waals surface area contributed by atoms with E-state index in [1.165, 1.54) is 0 Å². The second kappa shape index (κ2) is 9.97. The first-order valence-corrected chi connectivity index (χ1v) is 13.1. The number of rotatable bonds is 6. The summed E-state index contributed by atoms with van der Waals surface area (Å²) in [6.45, 7) is 1.91. The quantitative estimate of drug-likeness (QED) is 0.349. The summed E-state index contributed by atoms with van der Waals surface area (Å²) in [5, 5.41) is 26.3. The van der Waals surface area contributed by atoms with Crippen molar-refractivity contribution in [3.05, 3.63) is 33.9 Å². The number of imidazole rings is 1. The van der Waals surface area contributed by atoms with E-state index in [0.29, 0.717) is 76.5 Å². The summed E-state index contributed by atoms with van der Waals surface area (Å²) in [5.74, 6) is 0.661. The van der Waals surface area contributed by atoms with Crippen molar-refractivity contribution in [1.29, 1.82) is 5.26 Å². The van der Waals surface area contributed by atoms with Crippen LogP contribution in [0.4, 0.5) is 17.6 Å². The molecule has 5 rings (SSSR count). The Balaban J connectivity index is 1.54. The molecule has 0 saturated heterocycles. The molecule has 0 spiro atoms. The first kappa shape index (κ1) is 25.5. The zero-order chi connectivity index (χ0) is 26.3. The molecule has 37 heavy (non-hydrogen) atoms. The van der Waals surface area contributed by atoms with E-state index in [2.05, 4.69) is 15.6 Å². The third kappa shape index (κ3) is 5.04. The molecule has 3 aromatic rings. The van der Waals surface area contributed by atoms with Crippen LogP contribution in [0, 0.1) is 16.7 Å². The number of aliphatic hydroxyl groups excluding tert-OH is 1. The molecule has 194 valence electrons. The van der Waals surface area contributed by atoms with Crippen LogP contribution in [-0.4, -0.2) is 42.7 Å². The number of halogens is 2. The van der Waals surface area contributed by atoms with Gasteiger partial charge >= 0.3 is 0 Å². The fourth-order valence-electron chi connectivity index (χ4n) is 5.28. The maximum Gasteiger partial charge on any atom is 0.224 e. The number of benzene rings is 1. The number of nitrogens with zero attached hydrogens (tertiary/aromatic N) is 5. The summed E-state index contributed by atoms with van der Waals surface area (Å²) in [7, 11) is 0. The third-order valence-electron chi connectivity index (χ3n) is 7.60. The molecule has 0 radical (unpaired) electrons. The number of nitrogens with one attached hydrogen (secondary N) is 2. The Labute approximate surface area is 224 Å². The van der Waals surface area contributed by atoms with Crippen LogP contribution in [0.25, 0.3) is 11.2 Å². The second-order valence-corrected chi connectivity index (χ2v) is 11.0. The molecule has 2 atom stereocenters. The van der Waals surface area contributed by atoms with E-state index in [4.69, 9.17) is 38.9 Å². The summed E-state index contributed by atoms with van der Waals surface area (Å²) < 4.78 is 2.01. The number of amides is 1. The summed E-state index contributed by atoms with van der Waals surface area (Å²) in [5.41, 5.74) is 7.14. The van der Waals surface area contributed by atoms with Gasteiger partial charge in [-0.2, -0.15) is 10.2 Å². The highest BCUT2D eigenvalue weighted by atomic mass is 35.5. The molecule has 5 N–H and O–H groups in total. The number of nitrogens with two attached hydrogens (primary N) is 1. The number of nitriles is 1. The molecular formula is C25H28Cl2N8O2. The van der Waals surface area contributed by atoms with Crippen molar-refractivity contribution >= 4 is 57.9 Å². The number of hydrogen-bond donors (Lipinski definition) is 4. The van der Waals surface area contributed by atoms with Crippen LogP contribution in [0.5, 0.6) is 0 Å². The van der Waals surface area contributed by atoms with Crippen molar-refractivity contribution in [3.8, 4) is 6.07 Å². The third-order valence-corrected chi connectivity index (χ3v) is 8.19. The number of aromatic nitrogens is 4. The summed E-state index contributed by atoms with van der Waals surface area (Å²) >= 11 is 12.9. The highest BCUT2D eigenvalue weighted by molar-refractivity contribution is 6.39.